The van der Waals surface area contributed by atoms with Crippen molar-refractivity contribution in [3.05, 3.63) is 29.3 Å². The van der Waals surface area contributed by atoms with Crippen molar-refractivity contribution in [2.75, 3.05) is 31.6 Å². The highest BCUT2D eigenvalue weighted by Crippen LogP contribution is 2.41. The van der Waals surface area contributed by atoms with Crippen molar-refractivity contribution in [3.8, 4) is 0 Å². The summed E-state index contributed by atoms with van der Waals surface area (Å²) in [6.45, 7) is 2.77. The van der Waals surface area contributed by atoms with E-state index in [0.29, 0.717) is 0 Å². The molecule has 2 aliphatic rings. The van der Waals surface area contributed by atoms with Crippen LogP contribution in [0.3, 0.4) is 0 Å². The Hall–Kier alpha value is -1.23. The van der Waals surface area contributed by atoms with Crippen LogP contribution in [0.1, 0.15) is 17.5 Å². The Labute approximate surface area is 110 Å². The summed E-state index contributed by atoms with van der Waals surface area (Å²) in [5.74, 6) is 0. The van der Waals surface area contributed by atoms with E-state index < -0.39 is 11.7 Å². The van der Waals surface area contributed by atoms with Crippen LogP contribution in [0.4, 0.5) is 18.9 Å². The summed E-state index contributed by atoms with van der Waals surface area (Å²) in [6, 6.07) is 4.11. The molecule has 19 heavy (non-hydrogen) atoms. The zero-order valence-corrected chi connectivity index (χ0v) is 10.8. The molecule has 0 saturated carbocycles. The van der Waals surface area contributed by atoms with Crippen LogP contribution in [0.2, 0.25) is 0 Å². The molecule has 0 amide bonds. The first kappa shape index (κ1) is 12.8. The van der Waals surface area contributed by atoms with E-state index in [1.807, 2.05) is 7.05 Å². The molecule has 5 heteroatoms. The molecule has 1 spiro atoms. The first-order valence-corrected chi connectivity index (χ1v) is 6.52. The molecule has 0 aromatic heterocycles. The summed E-state index contributed by atoms with van der Waals surface area (Å²) in [5, 5.41) is 3.33. The highest BCUT2D eigenvalue weighted by molar-refractivity contribution is 5.57. The number of halogens is 3. The summed E-state index contributed by atoms with van der Waals surface area (Å²) in [4.78, 5) is 2.09. The predicted molar refractivity (Wildman–Crippen MR) is 68.3 cm³/mol. The van der Waals surface area contributed by atoms with E-state index in [1.165, 1.54) is 12.1 Å². The Morgan fingerprint density at radius 1 is 1.32 bits per heavy atom. The van der Waals surface area contributed by atoms with Gasteiger partial charge in [-0.05, 0) is 43.1 Å². The predicted octanol–water partition coefficient (Wildman–Crippen LogP) is 2.68. The molecular formula is C14H17F3N2. The van der Waals surface area contributed by atoms with Crippen molar-refractivity contribution in [2.45, 2.75) is 19.0 Å². The maximum atomic E-state index is 12.8. The molecule has 0 bridgehead atoms. The van der Waals surface area contributed by atoms with Gasteiger partial charge in [-0.25, -0.2) is 0 Å². The monoisotopic (exact) mass is 270 g/mol. The van der Waals surface area contributed by atoms with Gasteiger partial charge in [-0.3, -0.25) is 0 Å². The second-order valence-corrected chi connectivity index (χ2v) is 5.80. The molecule has 1 aromatic carbocycles. The lowest BCUT2D eigenvalue weighted by Crippen LogP contribution is -2.43. The van der Waals surface area contributed by atoms with Crippen LogP contribution in [-0.4, -0.2) is 26.7 Å². The fraction of sp³-hybridized carbons (Fsp3) is 0.571. The summed E-state index contributed by atoms with van der Waals surface area (Å²) >= 11 is 0. The summed E-state index contributed by atoms with van der Waals surface area (Å²) in [7, 11) is 1.96. The molecule has 2 aliphatic heterocycles. The second-order valence-electron chi connectivity index (χ2n) is 5.80. The largest absolute Gasteiger partial charge is 0.416 e. The number of fused-ring (bicyclic) bond motifs is 1. The van der Waals surface area contributed by atoms with Crippen molar-refractivity contribution < 1.29 is 13.2 Å². The zero-order valence-electron chi connectivity index (χ0n) is 10.8. The van der Waals surface area contributed by atoms with Crippen molar-refractivity contribution in [3.63, 3.8) is 0 Å². The van der Waals surface area contributed by atoms with Gasteiger partial charge in [0.2, 0.25) is 0 Å². The van der Waals surface area contributed by atoms with Gasteiger partial charge in [0.05, 0.1) is 5.56 Å². The molecule has 1 saturated heterocycles. The standard InChI is InChI=1S/C14H17F3N2/c1-19-9-13(4-5-18-8-13)7-10-6-11(14(15,16)17)2-3-12(10)19/h2-3,6,18H,4-5,7-9H2,1H3. The zero-order chi connectivity index (χ0) is 13.7. The van der Waals surface area contributed by atoms with Gasteiger partial charge in [-0.1, -0.05) is 0 Å². The van der Waals surface area contributed by atoms with Gasteiger partial charge in [0.1, 0.15) is 0 Å². The third kappa shape index (κ3) is 2.20. The number of hydrogen-bond acceptors (Lipinski definition) is 2. The normalized spacial score (nSPS) is 26.8. The molecule has 104 valence electrons. The number of rotatable bonds is 0. The second kappa shape index (κ2) is 4.13. The maximum absolute atomic E-state index is 12.8. The van der Waals surface area contributed by atoms with Gasteiger partial charge in [-0.2, -0.15) is 13.2 Å². The number of anilines is 1. The number of alkyl halides is 3. The number of hydrogen-bond donors (Lipinski definition) is 1. The molecule has 1 aromatic rings. The molecule has 0 aliphatic carbocycles. The quantitative estimate of drug-likeness (QED) is 0.779. The fourth-order valence-electron chi connectivity index (χ4n) is 3.41. The molecule has 1 fully saturated rings. The Morgan fingerprint density at radius 2 is 2.11 bits per heavy atom. The Kier molecular flexibility index (Phi) is 2.78. The van der Waals surface area contributed by atoms with E-state index in [2.05, 4.69) is 10.2 Å². The van der Waals surface area contributed by atoms with Gasteiger partial charge in [0.15, 0.2) is 0 Å². The van der Waals surface area contributed by atoms with E-state index in [1.54, 1.807) is 6.07 Å². The molecular weight excluding hydrogens is 253 g/mol. The van der Waals surface area contributed by atoms with Gasteiger partial charge in [0, 0.05) is 31.2 Å². The number of nitrogens with zero attached hydrogens (tertiary/aromatic N) is 1. The van der Waals surface area contributed by atoms with Crippen LogP contribution in [-0.2, 0) is 12.6 Å². The van der Waals surface area contributed by atoms with Crippen LogP contribution >= 0.6 is 0 Å². The molecule has 3 rings (SSSR count). The Bertz CT molecular complexity index is 490. The molecule has 1 atom stereocenters. The third-order valence-corrected chi connectivity index (χ3v) is 4.29. The van der Waals surface area contributed by atoms with E-state index in [-0.39, 0.29) is 5.41 Å². The molecule has 2 nitrogen and oxygen atoms in total. The average molecular weight is 270 g/mol. The van der Waals surface area contributed by atoms with Crippen molar-refractivity contribution in [1.82, 2.24) is 5.32 Å². The summed E-state index contributed by atoms with van der Waals surface area (Å²) in [5.41, 5.74) is 1.33. The van der Waals surface area contributed by atoms with Crippen molar-refractivity contribution in [2.24, 2.45) is 5.41 Å². The van der Waals surface area contributed by atoms with Crippen LogP contribution < -0.4 is 10.2 Å². The first-order chi connectivity index (χ1) is 8.90. The van der Waals surface area contributed by atoms with Gasteiger partial charge in [-0.15, -0.1) is 0 Å². The summed E-state index contributed by atoms with van der Waals surface area (Å²) in [6.07, 6.45) is -2.48. The number of nitrogens with one attached hydrogen (secondary N) is 1. The van der Waals surface area contributed by atoms with Gasteiger partial charge < -0.3 is 10.2 Å². The fourth-order valence-corrected chi connectivity index (χ4v) is 3.41. The van der Waals surface area contributed by atoms with Gasteiger partial charge >= 0.3 is 6.18 Å². The number of benzene rings is 1. The van der Waals surface area contributed by atoms with Crippen LogP contribution in [0, 0.1) is 5.41 Å². The van der Waals surface area contributed by atoms with Crippen LogP contribution in [0.15, 0.2) is 18.2 Å². The molecule has 0 radical (unpaired) electrons. The average Bonchev–Trinajstić information content (AvgIpc) is 2.75. The van der Waals surface area contributed by atoms with Crippen LogP contribution in [0.5, 0.6) is 0 Å². The SMILES string of the molecule is CN1CC2(CCNC2)Cc2cc(C(F)(F)F)ccc21. The van der Waals surface area contributed by atoms with Crippen LogP contribution in [0.25, 0.3) is 0 Å². The maximum Gasteiger partial charge on any atom is 0.416 e. The Morgan fingerprint density at radius 3 is 2.74 bits per heavy atom. The highest BCUT2D eigenvalue weighted by atomic mass is 19.4. The lowest BCUT2D eigenvalue weighted by atomic mass is 9.77. The van der Waals surface area contributed by atoms with Crippen molar-refractivity contribution >= 4 is 5.69 Å². The lowest BCUT2D eigenvalue weighted by molar-refractivity contribution is -0.137. The molecule has 1 unspecified atom stereocenters. The minimum atomic E-state index is -4.26. The van der Waals surface area contributed by atoms with E-state index in [4.69, 9.17) is 0 Å². The van der Waals surface area contributed by atoms with Gasteiger partial charge in [0.25, 0.3) is 0 Å². The smallest absolute Gasteiger partial charge is 0.374 e. The van der Waals surface area contributed by atoms with E-state index in [0.717, 1.165) is 43.7 Å². The topological polar surface area (TPSA) is 15.3 Å². The minimum Gasteiger partial charge on any atom is -0.374 e. The molecule has 2 heterocycles. The first-order valence-electron chi connectivity index (χ1n) is 6.52. The third-order valence-electron chi connectivity index (χ3n) is 4.29. The minimum absolute atomic E-state index is 0.103. The van der Waals surface area contributed by atoms with E-state index in [9.17, 15) is 13.2 Å². The molecule has 1 N–H and O–H groups in total. The lowest BCUT2D eigenvalue weighted by Gasteiger charge is -2.40. The summed E-state index contributed by atoms with van der Waals surface area (Å²) < 4.78 is 38.4. The van der Waals surface area contributed by atoms with Crippen molar-refractivity contribution in [1.29, 1.82) is 0 Å². The Balaban J connectivity index is 1.99. The highest BCUT2D eigenvalue weighted by Gasteiger charge is 2.40. The van der Waals surface area contributed by atoms with E-state index >= 15 is 0 Å².